The second-order valence-electron chi connectivity index (χ2n) is 3.77. The largest absolute Gasteiger partial charge is 0.398 e. The second-order valence-corrected chi connectivity index (χ2v) is 5.45. The average Bonchev–Trinajstić information content (AvgIpc) is 2.23. The maximum atomic E-state index is 11.3. The van der Waals surface area contributed by atoms with Crippen molar-refractivity contribution in [2.75, 3.05) is 0 Å². The predicted molar refractivity (Wildman–Crippen MR) is 60.6 cm³/mol. The van der Waals surface area contributed by atoms with E-state index in [1.54, 1.807) is 24.3 Å². The van der Waals surface area contributed by atoms with Gasteiger partial charge in [0, 0.05) is 17.7 Å². The van der Waals surface area contributed by atoms with E-state index in [9.17, 15) is 13.0 Å². The van der Waals surface area contributed by atoms with Gasteiger partial charge in [-0.1, -0.05) is 30.3 Å². The zero-order valence-corrected chi connectivity index (χ0v) is 9.24. The molecule has 1 atom stereocenters. The van der Waals surface area contributed by atoms with E-state index < -0.39 is 15.0 Å². The quantitative estimate of drug-likeness (QED) is 0.615. The standard InChI is InChI=1S/C10H12N2O3S/c11-9-5-6-10(12,16(13,14)15)8-4-2-1-3-7(8)9/h1-5H,6,11-12H2,(H,13,14,15). The number of hydrogen-bond donors (Lipinski definition) is 3. The molecule has 0 radical (unpaired) electrons. The minimum absolute atomic E-state index is 0.0331. The fourth-order valence-electron chi connectivity index (χ4n) is 1.83. The minimum Gasteiger partial charge on any atom is -0.398 e. The number of rotatable bonds is 1. The van der Waals surface area contributed by atoms with Gasteiger partial charge in [0.25, 0.3) is 10.1 Å². The van der Waals surface area contributed by atoms with Gasteiger partial charge in [-0.05, 0) is 5.56 Å². The van der Waals surface area contributed by atoms with E-state index in [0.717, 1.165) is 0 Å². The molecule has 0 heterocycles. The Bertz CT molecular complexity index is 565. The molecule has 0 amide bonds. The number of fused-ring (bicyclic) bond motifs is 1. The van der Waals surface area contributed by atoms with Gasteiger partial charge in [-0.15, -0.1) is 0 Å². The third-order valence-corrected chi connectivity index (χ3v) is 4.09. The normalized spacial score (nSPS) is 24.8. The highest BCUT2D eigenvalue weighted by molar-refractivity contribution is 7.86. The summed E-state index contributed by atoms with van der Waals surface area (Å²) in [7, 11) is -4.38. The summed E-state index contributed by atoms with van der Waals surface area (Å²) in [6.07, 6.45) is 1.48. The SMILES string of the molecule is NC1=CCC(N)(S(=O)(=O)O)c2ccccc21. The molecule has 0 fully saturated rings. The van der Waals surface area contributed by atoms with Gasteiger partial charge < -0.3 is 11.5 Å². The van der Waals surface area contributed by atoms with Crippen LogP contribution in [0.2, 0.25) is 0 Å². The molecule has 0 aromatic heterocycles. The Balaban J connectivity index is 2.74. The summed E-state index contributed by atoms with van der Waals surface area (Å²) in [5.74, 6) is 0. The second kappa shape index (κ2) is 3.31. The smallest absolute Gasteiger partial charge is 0.288 e. The first kappa shape index (κ1) is 11.1. The van der Waals surface area contributed by atoms with Crippen molar-refractivity contribution in [3.05, 3.63) is 41.5 Å². The van der Waals surface area contributed by atoms with Gasteiger partial charge in [-0.25, -0.2) is 0 Å². The average molecular weight is 240 g/mol. The van der Waals surface area contributed by atoms with Crippen molar-refractivity contribution in [3.63, 3.8) is 0 Å². The van der Waals surface area contributed by atoms with Crippen LogP contribution < -0.4 is 11.5 Å². The van der Waals surface area contributed by atoms with Crippen LogP contribution in [0.15, 0.2) is 30.3 Å². The van der Waals surface area contributed by atoms with Crippen LogP contribution >= 0.6 is 0 Å². The zero-order chi connectivity index (χ0) is 12.0. The van der Waals surface area contributed by atoms with Crippen molar-refractivity contribution in [1.29, 1.82) is 0 Å². The van der Waals surface area contributed by atoms with Crippen LogP contribution in [0.25, 0.3) is 5.70 Å². The molecule has 0 saturated carbocycles. The zero-order valence-electron chi connectivity index (χ0n) is 8.42. The highest BCUT2D eigenvalue weighted by Crippen LogP contribution is 2.36. The van der Waals surface area contributed by atoms with Crippen molar-refractivity contribution < 1.29 is 13.0 Å². The molecule has 1 aromatic rings. The van der Waals surface area contributed by atoms with Gasteiger partial charge >= 0.3 is 0 Å². The van der Waals surface area contributed by atoms with Crippen LogP contribution in [-0.4, -0.2) is 13.0 Å². The first-order valence-corrected chi connectivity index (χ1v) is 6.12. The van der Waals surface area contributed by atoms with Crippen LogP contribution in [0, 0.1) is 0 Å². The molecule has 16 heavy (non-hydrogen) atoms. The van der Waals surface area contributed by atoms with Crippen molar-refractivity contribution in [2.24, 2.45) is 11.5 Å². The highest BCUT2D eigenvalue weighted by Gasteiger charge is 2.43. The van der Waals surface area contributed by atoms with E-state index in [1.807, 2.05) is 0 Å². The molecule has 0 aliphatic heterocycles. The number of benzene rings is 1. The van der Waals surface area contributed by atoms with Crippen LogP contribution in [0.1, 0.15) is 17.5 Å². The molecule has 2 rings (SSSR count). The third-order valence-electron chi connectivity index (χ3n) is 2.78. The summed E-state index contributed by atoms with van der Waals surface area (Å²) in [6, 6.07) is 6.62. The molecule has 1 aromatic carbocycles. The fourth-order valence-corrected chi connectivity index (χ4v) is 2.58. The molecule has 86 valence electrons. The number of nitrogens with two attached hydrogens (primary N) is 2. The summed E-state index contributed by atoms with van der Waals surface area (Å²) in [6.45, 7) is 0. The van der Waals surface area contributed by atoms with E-state index in [1.165, 1.54) is 6.08 Å². The van der Waals surface area contributed by atoms with Crippen LogP contribution in [0.3, 0.4) is 0 Å². The fraction of sp³-hybridized carbons (Fsp3) is 0.200. The van der Waals surface area contributed by atoms with Gasteiger partial charge in [0.2, 0.25) is 0 Å². The summed E-state index contributed by atoms with van der Waals surface area (Å²) >= 11 is 0. The minimum atomic E-state index is -4.38. The first-order chi connectivity index (χ1) is 7.36. The van der Waals surface area contributed by atoms with E-state index in [-0.39, 0.29) is 6.42 Å². The van der Waals surface area contributed by atoms with Gasteiger partial charge in [0.1, 0.15) is 0 Å². The Morgan fingerprint density at radius 2 is 1.94 bits per heavy atom. The van der Waals surface area contributed by atoms with Gasteiger partial charge in [-0.2, -0.15) is 8.42 Å². The molecule has 1 aliphatic carbocycles. The van der Waals surface area contributed by atoms with Crippen molar-refractivity contribution >= 4 is 15.8 Å². The lowest BCUT2D eigenvalue weighted by molar-refractivity contribution is 0.427. The highest BCUT2D eigenvalue weighted by atomic mass is 32.2. The van der Waals surface area contributed by atoms with E-state index in [2.05, 4.69) is 0 Å². The molecular weight excluding hydrogens is 228 g/mol. The monoisotopic (exact) mass is 240 g/mol. The third kappa shape index (κ3) is 1.42. The van der Waals surface area contributed by atoms with Gasteiger partial charge in [-0.3, -0.25) is 4.55 Å². The Kier molecular flexibility index (Phi) is 2.30. The lowest BCUT2D eigenvalue weighted by atomic mass is 9.91. The maximum absolute atomic E-state index is 11.3. The van der Waals surface area contributed by atoms with E-state index >= 15 is 0 Å². The van der Waals surface area contributed by atoms with Crippen LogP contribution in [0.4, 0.5) is 0 Å². The molecule has 1 aliphatic rings. The predicted octanol–water partition coefficient (Wildman–Crippen LogP) is 0.389. The topological polar surface area (TPSA) is 106 Å². The van der Waals surface area contributed by atoms with Crippen molar-refractivity contribution in [3.8, 4) is 0 Å². The first-order valence-electron chi connectivity index (χ1n) is 4.68. The molecule has 1 unspecified atom stereocenters. The Morgan fingerprint density at radius 3 is 2.56 bits per heavy atom. The molecule has 0 bridgehead atoms. The lowest BCUT2D eigenvalue weighted by Gasteiger charge is -2.31. The van der Waals surface area contributed by atoms with Gasteiger partial charge in [0.15, 0.2) is 4.87 Å². The van der Waals surface area contributed by atoms with Crippen molar-refractivity contribution in [2.45, 2.75) is 11.3 Å². The Hall–Kier alpha value is -1.37. The summed E-state index contributed by atoms with van der Waals surface area (Å²) < 4.78 is 31.9. The summed E-state index contributed by atoms with van der Waals surface area (Å²) in [5.41, 5.74) is 12.9. The molecule has 0 saturated heterocycles. The summed E-state index contributed by atoms with van der Waals surface area (Å²) in [5, 5.41) is 0. The molecule has 5 nitrogen and oxygen atoms in total. The Labute approximate surface area is 93.5 Å². The van der Waals surface area contributed by atoms with E-state index in [0.29, 0.717) is 16.8 Å². The van der Waals surface area contributed by atoms with E-state index in [4.69, 9.17) is 11.5 Å². The molecular formula is C10H12N2O3S. The Morgan fingerprint density at radius 1 is 1.31 bits per heavy atom. The number of hydrogen-bond acceptors (Lipinski definition) is 4. The van der Waals surface area contributed by atoms with Gasteiger partial charge in [0.05, 0.1) is 0 Å². The summed E-state index contributed by atoms with van der Waals surface area (Å²) in [4.78, 5) is -1.80. The molecule has 6 heteroatoms. The van der Waals surface area contributed by atoms with Crippen LogP contribution in [-0.2, 0) is 15.0 Å². The molecule has 5 N–H and O–H groups in total. The van der Waals surface area contributed by atoms with Crippen LogP contribution in [0.5, 0.6) is 0 Å². The van der Waals surface area contributed by atoms with Crippen molar-refractivity contribution in [1.82, 2.24) is 0 Å². The maximum Gasteiger partial charge on any atom is 0.288 e. The lowest BCUT2D eigenvalue weighted by Crippen LogP contribution is -2.46. The molecule has 0 spiro atoms.